The Balaban J connectivity index is 2.06. The van der Waals surface area contributed by atoms with Crippen molar-refractivity contribution in [1.82, 2.24) is 9.88 Å². The molecule has 0 amide bonds. The zero-order valence-corrected chi connectivity index (χ0v) is 11.7. The number of pyridine rings is 1. The van der Waals surface area contributed by atoms with Gasteiger partial charge in [0, 0.05) is 44.5 Å². The highest BCUT2D eigenvalue weighted by Crippen LogP contribution is 2.22. The van der Waals surface area contributed by atoms with Crippen molar-refractivity contribution in [3.63, 3.8) is 0 Å². The molecule has 0 aliphatic carbocycles. The number of nitrogens with two attached hydrogens (primary N) is 1. The van der Waals surface area contributed by atoms with Crippen LogP contribution in [0.4, 0.5) is 5.69 Å². The van der Waals surface area contributed by atoms with Gasteiger partial charge in [-0.3, -0.25) is 9.88 Å². The maximum absolute atomic E-state index is 5.79. The van der Waals surface area contributed by atoms with Gasteiger partial charge in [0.15, 0.2) is 0 Å². The first-order valence-corrected chi connectivity index (χ1v) is 6.65. The van der Waals surface area contributed by atoms with E-state index in [4.69, 9.17) is 5.73 Å². The smallest absolute Gasteiger partial charge is 0.0599 e. The van der Waals surface area contributed by atoms with Crippen LogP contribution in [-0.2, 0) is 6.54 Å². The van der Waals surface area contributed by atoms with Gasteiger partial charge in [0.05, 0.1) is 11.9 Å². The van der Waals surface area contributed by atoms with Crippen LogP contribution in [-0.4, -0.2) is 41.6 Å². The predicted octanol–water partition coefficient (Wildman–Crippen LogP) is 1.46. The number of nitrogens with zero attached hydrogens (tertiary/aromatic N) is 3. The van der Waals surface area contributed by atoms with E-state index < -0.39 is 0 Å². The van der Waals surface area contributed by atoms with Gasteiger partial charge in [-0.25, -0.2) is 0 Å². The molecule has 1 saturated heterocycles. The van der Waals surface area contributed by atoms with E-state index >= 15 is 0 Å². The lowest BCUT2D eigenvalue weighted by Gasteiger charge is -2.43. The van der Waals surface area contributed by atoms with E-state index in [9.17, 15) is 0 Å². The van der Waals surface area contributed by atoms with Gasteiger partial charge in [0.1, 0.15) is 0 Å². The highest BCUT2D eigenvalue weighted by Gasteiger charge is 2.26. The van der Waals surface area contributed by atoms with Gasteiger partial charge in [-0.15, -0.1) is 0 Å². The van der Waals surface area contributed by atoms with Crippen LogP contribution in [0.15, 0.2) is 18.5 Å². The molecule has 4 nitrogen and oxygen atoms in total. The van der Waals surface area contributed by atoms with Gasteiger partial charge in [0.25, 0.3) is 0 Å². The number of aromatic nitrogens is 1. The van der Waals surface area contributed by atoms with Crippen LogP contribution in [0.5, 0.6) is 0 Å². The molecule has 4 heteroatoms. The van der Waals surface area contributed by atoms with E-state index in [-0.39, 0.29) is 5.54 Å². The third kappa shape index (κ3) is 2.82. The lowest BCUT2D eigenvalue weighted by atomic mass is 10.0. The molecule has 1 aromatic rings. The molecule has 0 bridgehead atoms. The first-order valence-electron chi connectivity index (χ1n) is 6.65. The first-order chi connectivity index (χ1) is 8.52. The third-order valence-corrected chi connectivity index (χ3v) is 3.68. The van der Waals surface area contributed by atoms with Crippen molar-refractivity contribution in [1.29, 1.82) is 0 Å². The molecule has 2 N–H and O–H groups in total. The summed E-state index contributed by atoms with van der Waals surface area (Å²) in [6.07, 6.45) is 3.76. The van der Waals surface area contributed by atoms with Crippen LogP contribution < -0.4 is 10.6 Å². The van der Waals surface area contributed by atoms with Crippen molar-refractivity contribution in [2.45, 2.75) is 32.9 Å². The van der Waals surface area contributed by atoms with Crippen LogP contribution in [0.25, 0.3) is 0 Å². The molecule has 100 valence electrons. The highest BCUT2D eigenvalue weighted by atomic mass is 15.3. The van der Waals surface area contributed by atoms with Crippen molar-refractivity contribution in [3.05, 3.63) is 24.0 Å². The molecule has 0 radical (unpaired) electrons. The maximum Gasteiger partial charge on any atom is 0.0599 e. The third-order valence-electron chi connectivity index (χ3n) is 3.68. The Morgan fingerprint density at radius 3 is 2.44 bits per heavy atom. The number of anilines is 1. The molecule has 1 aliphatic rings. The summed E-state index contributed by atoms with van der Waals surface area (Å²) in [4.78, 5) is 9.16. The number of hydrogen-bond acceptors (Lipinski definition) is 4. The Morgan fingerprint density at radius 1 is 1.22 bits per heavy atom. The Hall–Kier alpha value is -1.13. The number of hydrogen-bond donors (Lipinski definition) is 1. The second-order valence-electron chi connectivity index (χ2n) is 5.85. The number of piperazine rings is 1. The largest absolute Gasteiger partial charge is 0.367 e. The molecule has 0 atom stereocenters. The minimum absolute atomic E-state index is 0.262. The first kappa shape index (κ1) is 13.3. The molecule has 0 spiro atoms. The average Bonchev–Trinajstić information content (AvgIpc) is 2.38. The van der Waals surface area contributed by atoms with Crippen LogP contribution in [0.1, 0.15) is 26.3 Å². The summed E-state index contributed by atoms with van der Waals surface area (Å²) < 4.78 is 0. The summed E-state index contributed by atoms with van der Waals surface area (Å²) >= 11 is 0. The summed E-state index contributed by atoms with van der Waals surface area (Å²) in [7, 11) is 0. The van der Waals surface area contributed by atoms with Crippen molar-refractivity contribution in [2.24, 2.45) is 5.73 Å². The molecular weight excluding hydrogens is 224 g/mol. The minimum Gasteiger partial charge on any atom is -0.367 e. The second kappa shape index (κ2) is 5.24. The van der Waals surface area contributed by atoms with Crippen LogP contribution in [0, 0.1) is 0 Å². The fourth-order valence-electron chi connectivity index (χ4n) is 2.49. The van der Waals surface area contributed by atoms with Gasteiger partial charge in [0.2, 0.25) is 0 Å². The predicted molar refractivity (Wildman–Crippen MR) is 75.7 cm³/mol. The lowest BCUT2D eigenvalue weighted by molar-refractivity contribution is 0.128. The minimum atomic E-state index is 0.262. The molecule has 18 heavy (non-hydrogen) atoms. The molecule has 2 rings (SSSR count). The molecule has 0 saturated carbocycles. The zero-order valence-electron chi connectivity index (χ0n) is 11.7. The quantitative estimate of drug-likeness (QED) is 0.860. The van der Waals surface area contributed by atoms with E-state index in [0.717, 1.165) is 26.2 Å². The average molecular weight is 248 g/mol. The number of rotatable bonds is 2. The lowest BCUT2D eigenvalue weighted by Crippen LogP contribution is -2.53. The van der Waals surface area contributed by atoms with Gasteiger partial charge < -0.3 is 10.6 Å². The van der Waals surface area contributed by atoms with Crippen molar-refractivity contribution in [2.75, 3.05) is 31.1 Å². The van der Waals surface area contributed by atoms with Crippen molar-refractivity contribution in [3.8, 4) is 0 Å². The fourth-order valence-corrected chi connectivity index (χ4v) is 2.49. The topological polar surface area (TPSA) is 45.4 Å². The van der Waals surface area contributed by atoms with Gasteiger partial charge in [-0.2, -0.15) is 0 Å². The van der Waals surface area contributed by atoms with E-state index in [1.54, 1.807) is 0 Å². The van der Waals surface area contributed by atoms with Gasteiger partial charge in [-0.1, -0.05) is 0 Å². The Labute approximate surface area is 110 Å². The monoisotopic (exact) mass is 248 g/mol. The second-order valence-corrected chi connectivity index (χ2v) is 5.85. The molecular formula is C14H24N4. The molecule has 0 aromatic carbocycles. The summed E-state index contributed by atoms with van der Waals surface area (Å²) in [5, 5.41) is 0. The fraction of sp³-hybridized carbons (Fsp3) is 0.643. The zero-order chi connectivity index (χ0) is 13.2. The Morgan fingerprint density at radius 2 is 1.89 bits per heavy atom. The Kier molecular flexibility index (Phi) is 3.88. The van der Waals surface area contributed by atoms with E-state index in [1.807, 2.05) is 18.5 Å². The van der Waals surface area contributed by atoms with Crippen LogP contribution in [0.2, 0.25) is 0 Å². The SMILES string of the molecule is CC(C)(C)N1CCN(c2cnccc2CN)CC1. The molecule has 1 aliphatic heterocycles. The van der Waals surface area contributed by atoms with Crippen LogP contribution >= 0.6 is 0 Å². The van der Waals surface area contributed by atoms with Crippen molar-refractivity contribution < 1.29 is 0 Å². The molecule has 1 aromatic heterocycles. The van der Waals surface area contributed by atoms with Gasteiger partial charge in [-0.05, 0) is 32.4 Å². The highest BCUT2D eigenvalue weighted by molar-refractivity contribution is 5.52. The van der Waals surface area contributed by atoms with Gasteiger partial charge >= 0.3 is 0 Å². The summed E-state index contributed by atoms with van der Waals surface area (Å²) in [6.45, 7) is 11.7. The van der Waals surface area contributed by atoms with Crippen LogP contribution in [0.3, 0.4) is 0 Å². The standard InChI is InChI=1S/C14H24N4/c1-14(2,3)18-8-6-17(7-9-18)13-11-16-5-4-12(13)10-15/h4-5,11H,6-10,15H2,1-3H3. The normalized spacial score (nSPS) is 18.1. The summed E-state index contributed by atoms with van der Waals surface area (Å²) in [5.41, 5.74) is 8.44. The van der Waals surface area contributed by atoms with Crippen molar-refractivity contribution >= 4 is 5.69 Å². The van der Waals surface area contributed by atoms with E-state index in [1.165, 1.54) is 11.3 Å². The Bertz CT molecular complexity index is 389. The molecule has 0 unspecified atom stereocenters. The summed E-state index contributed by atoms with van der Waals surface area (Å²) in [5.74, 6) is 0. The molecule has 2 heterocycles. The molecule has 1 fully saturated rings. The van der Waals surface area contributed by atoms with E-state index in [0.29, 0.717) is 6.54 Å². The maximum atomic E-state index is 5.79. The van der Waals surface area contributed by atoms with E-state index in [2.05, 4.69) is 35.6 Å². The summed E-state index contributed by atoms with van der Waals surface area (Å²) in [6, 6.07) is 2.02.